The average molecular weight is 155 g/mol. The third kappa shape index (κ3) is 3.51. The highest BCUT2D eigenvalue weighted by molar-refractivity contribution is 7.98. The van der Waals surface area contributed by atoms with Crippen molar-refractivity contribution in [2.45, 2.75) is 18.7 Å². The Balaban J connectivity index is 0.000000371. The Bertz CT molecular complexity index is 151. The lowest BCUT2D eigenvalue weighted by Gasteiger charge is -1.88. The van der Waals surface area contributed by atoms with Crippen molar-refractivity contribution in [1.29, 1.82) is 0 Å². The highest BCUT2D eigenvalue weighted by Crippen LogP contribution is 2.09. The maximum Gasteiger partial charge on any atom is 0.0403 e. The Labute approximate surface area is 66.9 Å². The molecule has 0 bridgehead atoms. The SMILES string of the molecule is CC.CSc1cccnc1. The van der Waals surface area contributed by atoms with Crippen molar-refractivity contribution in [3.8, 4) is 0 Å². The van der Waals surface area contributed by atoms with Gasteiger partial charge >= 0.3 is 0 Å². The van der Waals surface area contributed by atoms with Crippen LogP contribution in [0.25, 0.3) is 0 Å². The molecule has 0 atom stereocenters. The van der Waals surface area contributed by atoms with Crippen LogP contribution in [0.5, 0.6) is 0 Å². The number of hydrogen-bond acceptors (Lipinski definition) is 2. The Kier molecular flexibility index (Phi) is 6.29. The monoisotopic (exact) mass is 155 g/mol. The highest BCUT2D eigenvalue weighted by atomic mass is 32.2. The van der Waals surface area contributed by atoms with Crippen molar-refractivity contribution in [3.63, 3.8) is 0 Å². The van der Waals surface area contributed by atoms with E-state index in [0.717, 1.165) is 0 Å². The van der Waals surface area contributed by atoms with Gasteiger partial charge in [-0.05, 0) is 18.4 Å². The number of thioether (sulfide) groups is 1. The second-order valence-electron chi connectivity index (χ2n) is 1.39. The van der Waals surface area contributed by atoms with E-state index in [1.165, 1.54) is 4.90 Å². The van der Waals surface area contributed by atoms with Gasteiger partial charge in [-0.2, -0.15) is 0 Å². The van der Waals surface area contributed by atoms with Crippen LogP contribution in [-0.4, -0.2) is 11.2 Å². The standard InChI is InChI=1S/C6H7NS.C2H6/c1-8-6-3-2-4-7-5-6;1-2/h2-5H,1H3;1-2H3. The quantitative estimate of drug-likeness (QED) is 0.578. The van der Waals surface area contributed by atoms with Crippen molar-refractivity contribution in [3.05, 3.63) is 24.5 Å². The van der Waals surface area contributed by atoms with Gasteiger partial charge in [0, 0.05) is 17.3 Å². The fourth-order valence-electron chi connectivity index (χ4n) is 0.468. The van der Waals surface area contributed by atoms with Gasteiger partial charge in [-0.3, -0.25) is 4.98 Å². The lowest BCUT2D eigenvalue weighted by Crippen LogP contribution is -1.69. The number of nitrogens with zero attached hydrogens (tertiary/aromatic N) is 1. The molecule has 0 saturated carbocycles. The molecule has 0 unspecified atom stereocenters. The molecule has 0 N–H and O–H groups in total. The zero-order chi connectivity index (χ0) is 7.82. The smallest absolute Gasteiger partial charge is 0.0403 e. The number of rotatable bonds is 1. The fourth-order valence-corrected chi connectivity index (χ4v) is 0.849. The maximum absolute atomic E-state index is 3.93. The Morgan fingerprint density at radius 3 is 2.40 bits per heavy atom. The molecule has 0 saturated heterocycles. The molecule has 0 radical (unpaired) electrons. The van der Waals surface area contributed by atoms with Crippen LogP contribution in [0.2, 0.25) is 0 Å². The second-order valence-corrected chi connectivity index (χ2v) is 2.27. The van der Waals surface area contributed by atoms with E-state index >= 15 is 0 Å². The largest absolute Gasteiger partial charge is 0.264 e. The van der Waals surface area contributed by atoms with E-state index in [9.17, 15) is 0 Å². The van der Waals surface area contributed by atoms with E-state index in [0.29, 0.717) is 0 Å². The van der Waals surface area contributed by atoms with Crippen LogP contribution in [0, 0.1) is 0 Å². The van der Waals surface area contributed by atoms with Gasteiger partial charge < -0.3 is 0 Å². The van der Waals surface area contributed by atoms with Crippen LogP contribution in [-0.2, 0) is 0 Å². The third-order valence-corrected chi connectivity index (χ3v) is 1.58. The van der Waals surface area contributed by atoms with E-state index in [2.05, 4.69) is 4.98 Å². The predicted octanol–water partition coefficient (Wildman–Crippen LogP) is 2.83. The zero-order valence-corrected chi connectivity index (χ0v) is 7.48. The Morgan fingerprint density at radius 1 is 1.40 bits per heavy atom. The summed E-state index contributed by atoms with van der Waals surface area (Å²) in [4.78, 5) is 5.15. The van der Waals surface area contributed by atoms with Gasteiger partial charge in [-0.25, -0.2) is 0 Å². The first kappa shape index (κ1) is 9.50. The lowest BCUT2D eigenvalue weighted by molar-refractivity contribution is 1.24. The molecule has 0 aliphatic heterocycles. The number of aromatic nitrogens is 1. The molecule has 0 aromatic carbocycles. The molecule has 0 amide bonds. The summed E-state index contributed by atoms with van der Waals surface area (Å²) in [5.41, 5.74) is 0. The number of pyridine rings is 1. The minimum atomic E-state index is 1.22. The molecule has 1 aromatic rings. The molecule has 1 nitrogen and oxygen atoms in total. The van der Waals surface area contributed by atoms with Gasteiger partial charge in [0.05, 0.1) is 0 Å². The minimum absolute atomic E-state index is 1.22. The Hall–Kier alpha value is -0.500. The molecular formula is C8H13NS. The number of hydrogen-bond donors (Lipinski definition) is 0. The molecule has 0 spiro atoms. The molecule has 1 heterocycles. The molecule has 0 fully saturated rings. The predicted molar refractivity (Wildman–Crippen MR) is 47.4 cm³/mol. The summed E-state index contributed by atoms with van der Waals surface area (Å²) in [5.74, 6) is 0. The fraction of sp³-hybridized carbons (Fsp3) is 0.375. The molecule has 2 heteroatoms. The van der Waals surface area contributed by atoms with E-state index in [4.69, 9.17) is 0 Å². The molecule has 0 aliphatic rings. The second kappa shape index (κ2) is 6.62. The first-order chi connectivity index (χ1) is 4.93. The van der Waals surface area contributed by atoms with Gasteiger partial charge in [0.1, 0.15) is 0 Å². The first-order valence-electron chi connectivity index (χ1n) is 3.37. The summed E-state index contributed by atoms with van der Waals surface area (Å²) in [5, 5.41) is 0. The molecule has 0 aliphatic carbocycles. The van der Waals surface area contributed by atoms with E-state index in [1.54, 1.807) is 18.0 Å². The maximum atomic E-state index is 3.93. The van der Waals surface area contributed by atoms with Gasteiger partial charge in [0.25, 0.3) is 0 Å². The highest BCUT2D eigenvalue weighted by Gasteiger charge is 1.81. The molecule has 10 heavy (non-hydrogen) atoms. The minimum Gasteiger partial charge on any atom is -0.264 e. The van der Waals surface area contributed by atoms with E-state index in [-0.39, 0.29) is 0 Å². The zero-order valence-electron chi connectivity index (χ0n) is 6.66. The van der Waals surface area contributed by atoms with Gasteiger partial charge in [0.15, 0.2) is 0 Å². The van der Waals surface area contributed by atoms with Crippen LogP contribution < -0.4 is 0 Å². The normalized spacial score (nSPS) is 7.90. The van der Waals surface area contributed by atoms with Gasteiger partial charge in [-0.1, -0.05) is 13.8 Å². The molecule has 56 valence electrons. The summed E-state index contributed by atoms with van der Waals surface area (Å²) < 4.78 is 0. The summed E-state index contributed by atoms with van der Waals surface area (Å²) in [7, 11) is 0. The van der Waals surface area contributed by atoms with Crippen LogP contribution >= 0.6 is 11.8 Å². The Morgan fingerprint density at radius 2 is 2.10 bits per heavy atom. The van der Waals surface area contributed by atoms with E-state index in [1.807, 2.05) is 38.4 Å². The summed E-state index contributed by atoms with van der Waals surface area (Å²) in [6.45, 7) is 4.00. The molecular weight excluding hydrogens is 142 g/mol. The van der Waals surface area contributed by atoms with Crippen LogP contribution in [0.4, 0.5) is 0 Å². The molecule has 1 rings (SSSR count). The van der Waals surface area contributed by atoms with Crippen LogP contribution in [0.1, 0.15) is 13.8 Å². The van der Waals surface area contributed by atoms with Crippen molar-refractivity contribution in [2.24, 2.45) is 0 Å². The average Bonchev–Trinajstić information content (AvgIpc) is 2.10. The summed E-state index contributed by atoms with van der Waals surface area (Å²) >= 11 is 1.71. The van der Waals surface area contributed by atoms with Crippen molar-refractivity contribution >= 4 is 11.8 Å². The van der Waals surface area contributed by atoms with Crippen LogP contribution in [0.3, 0.4) is 0 Å². The molecule has 1 aromatic heterocycles. The first-order valence-corrected chi connectivity index (χ1v) is 4.60. The van der Waals surface area contributed by atoms with Crippen molar-refractivity contribution in [1.82, 2.24) is 4.98 Å². The summed E-state index contributed by atoms with van der Waals surface area (Å²) in [6, 6.07) is 3.98. The topological polar surface area (TPSA) is 12.9 Å². The van der Waals surface area contributed by atoms with E-state index < -0.39 is 0 Å². The van der Waals surface area contributed by atoms with Crippen LogP contribution in [0.15, 0.2) is 29.4 Å². The summed E-state index contributed by atoms with van der Waals surface area (Å²) in [6.07, 6.45) is 5.67. The van der Waals surface area contributed by atoms with Crippen molar-refractivity contribution in [2.75, 3.05) is 6.26 Å². The van der Waals surface area contributed by atoms with Gasteiger partial charge in [-0.15, -0.1) is 11.8 Å². The van der Waals surface area contributed by atoms with Crippen molar-refractivity contribution < 1.29 is 0 Å². The third-order valence-electron chi connectivity index (χ3n) is 0.870. The van der Waals surface area contributed by atoms with Gasteiger partial charge in [0.2, 0.25) is 0 Å². The lowest BCUT2D eigenvalue weighted by atomic mass is 10.5.